The molecule has 0 saturated heterocycles. The van der Waals surface area contributed by atoms with Crippen LogP contribution in [0.15, 0.2) is 36.5 Å². The van der Waals surface area contributed by atoms with E-state index in [0.29, 0.717) is 12.8 Å². The summed E-state index contributed by atoms with van der Waals surface area (Å²) >= 11 is 0. The highest BCUT2D eigenvalue weighted by Gasteiger charge is 2.28. The van der Waals surface area contributed by atoms with Crippen LogP contribution in [-0.4, -0.2) is 59.9 Å². The molecule has 0 spiro atoms. The number of hydrogen-bond acceptors (Lipinski definition) is 9. The van der Waals surface area contributed by atoms with Crippen LogP contribution in [0.3, 0.4) is 0 Å². The van der Waals surface area contributed by atoms with E-state index in [2.05, 4.69) is 54.8 Å². The van der Waals surface area contributed by atoms with E-state index in [1.807, 2.05) is 0 Å². The minimum Gasteiger partial charge on any atom is -0.480 e. The van der Waals surface area contributed by atoms with Crippen molar-refractivity contribution >= 4 is 25.7 Å². The van der Waals surface area contributed by atoms with E-state index < -0.39 is 51.1 Å². The molecule has 0 amide bonds. The van der Waals surface area contributed by atoms with Gasteiger partial charge in [0.2, 0.25) is 0 Å². The topological polar surface area (TPSA) is 172 Å². The number of hydrogen-bond donors (Lipinski definition) is 3. The second-order valence-corrected chi connectivity index (χ2v) is 14.2. The van der Waals surface area contributed by atoms with E-state index in [1.54, 1.807) is 0 Å². The predicted octanol–water partition coefficient (Wildman–Crippen LogP) is 9.28. The molecule has 50 heavy (non-hydrogen) atoms. The number of phosphoric acid groups is 1. The molecule has 4 N–H and O–H groups in total. The third-order valence-corrected chi connectivity index (χ3v) is 8.84. The van der Waals surface area contributed by atoms with Crippen LogP contribution in [0, 0.1) is 0 Å². The average Bonchev–Trinajstić information content (AvgIpc) is 3.09. The number of esters is 2. The Morgan fingerprint density at radius 2 is 1.06 bits per heavy atom. The van der Waals surface area contributed by atoms with Gasteiger partial charge in [-0.2, -0.15) is 0 Å². The van der Waals surface area contributed by atoms with E-state index in [1.165, 1.54) is 57.8 Å². The molecular weight excluding hydrogens is 661 g/mol. The van der Waals surface area contributed by atoms with Crippen LogP contribution in [0.2, 0.25) is 0 Å². The predicted molar refractivity (Wildman–Crippen MR) is 199 cm³/mol. The van der Waals surface area contributed by atoms with Gasteiger partial charge in [0.25, 0.3) is 0 Å². The molecule has 3 atom stereocenters. The number of rotatable bonds is 35. The van der Waals surface area contributed by atoms with Crippen LogP contribution in [0.4, 0.5) is 0 Å². The smallest absolute Gasteiger partial charge is 0.472 e. The van der Waals surface area contributed by atoms with Gasteiger partial charge in [0, 0.05) is 12.8 Å². The van der Waals surface area contributed by atoms with Gasteiger partial charge in [0.15, 0.2) is 6.10 Å². The molecule has 0 saturated carbocycles. The first-order valence-electron chi connectivity index (χ1n) is 19.0. The highest BCUT2D eigenvalue weighted by molar-refractivity contribution is 7.47. The van der Waals surface area contributed by atoms with Crippen LogP contribution < -0.4 is 5.73 Å². The second-order valence-electron chi connectivity index (χ2n) is 12.7. The molecule has 0 aliphatic heterocycles. The van der Waals surface area contributed by atoms with Gasteiger partial charge < -0.3 is 25.2 Å². The lowest BCUT2D eigenvalue weighted by molar-refractivity contribution is -0.161. The fraction of sp³-hybridized carbons (Fsp3) is 0.763. The van der Waals surface area contributed by atoms with Gasteiger partial charge >= 0.3 is 25.7 Å². The van der Waals surface area contributed by atoms with Crippen LogP contribution in [-0.2, 0) is 37.5 Å². The lowest BCUT2D eigenvalue weighted by atomic mass is 10.1. The number of carbonyl (C=O) groups is 3. The number of phosphoric ester groups is 1. The SMILES string of the molecule is CCCCC/C=C\C/C=C\C/C=C\CCCCCCC(=O)OC[C@H](COP(=O)(O)OC[C@H](N)C(=O)O)OC(=O)CCCCCCCCCCC. The van der Waals surface area contributed by atoms with Crippen molar-refractivity contribution < 1.29 is 47.5 Å². The van der Waals surface area contributed by atoms with Gasteiger partial charge in [-0.05, 0) is 51.4 Å². The molecule has 0 rings (SSSR count). The zero-order valence-corrected chi connectivity index (χ0v) is 31.9. The number of nitrogens with two attached hydrogens (primary N) is 1. The van der Waals surface area contributed by atoms with Gasteiger partial charge in [-0.1, -0.05) is 127 Å². The van der Waals surface area contributed by atoms with Crippen LogP contribution in [0.1, 0.15) is 155 Å². The number of carboxylic acid groups (broad SMARTS) is 1. The maximum atomic E-state index is 12.5. The van der Waals surface area contributed by atoms with Gasteiger partial charge in [0.05, 0.1) is 13.2 Å². The number of aliphatic carboxylic acids is 1. The van der Waals surface area contributed by atoms with E-state index >= 15 is 0 Å². The molecule has 290 valence electrons. The largest absolute Gasteiger partial charge is 0.480 e. The summed E-state index contributed by atoms with van der Waals surface area (Å²) < 4.78 is 32.5. The average molecular weight is 730 g/mol. The first-order valence-corrected chi connectivity index (χ1v) is 20.5. The summed E-state index contributed by atoms with van der Waals surface area (Å²) in [6.07, 6.45) is 33.7. The molecule has 11 nitrogen and oxygen atoms in total. The number of carboxylic acids is 1. The summed E-state index contributed by atoms with van der Waals surface area (Å²) in [6.45, 7) is 2.70. The lowest BCUT2D eigenvalue weighted by Gasteiger charge is -2.20. The molecule has 0 fully saturated rings. The number of ether oxygens (including phenoxy) is 2. The monoisotopic (exact) mass is 729 g/mol. The molecule has 12 heteroatoms. The first kappa shape index (κ1) is 47.7. The summed E-state index contributed by atoms with van der Waals surface area (Å²) in [7, 11) is -4.71. The Morgan fingerprint density at radius 1 is 0.620 bits per heavy atom. The fourth-order valence-electron chi connectivity index (χ4n) is 4.83. The van der Waals surface area contributed by atoms with Crippen molar-refractivity contribution in [3.63, 3.8) is 0 Å². The van der Waals surface area contributed by atoms with Crippen molar-refractivity contribution in [2.24, 2.45) is 5.73 Å². The summed E-state index contributed by atoms with van der Waals surface area (Å²) in [5, 5.41) is 8.84. The van der Waals surface area contributed by atoms with Gasteiger partial charge in [0.1, 0.15) is 12.6 Å². The van der Waals surface area contributed by atoms with Gasteiger partial charge in [-0.25, -0.2) is 4.57 Å². The Kier molecular flexibility index (Phi) is 32.3. The third-order valence-electron chi connectivity index (χ3n) is 7.89. The standard InChI is InChI=1S/C38H68NO10P/c1-3-5-7-9-11-13-14-15-16-17-18-19-20-22-23-25-27-29-36(40)46-31-34(32-47-50(44,45)48-33-35(39)38(42)43)49-37(41)30-28-26-24-21-12-10-8-6-4-2/h11,13,15-16,18-19,34-35H,3-10,12,14,17,20-33,39H2,1-2H3,(H,42,43)(H,44,45)/b13-11-,16-15-,19-18-/t34-,35+/m1/s1. The van der Waals surface area contributed by atoms with E-state index in [-0.39, 0.29) is 19.4 Å². The highest BCUT2D eigenvalue weighted by atomic mass is 31.2. The Hall–Kier alpha value is -2.30. The molecule has 0 aromatic rings. The van der Waals surface area contributed by atoms with Gasteiger partial charge in [-0.3, -0.25) is 23.4 Å². The third kappa shape index (κ3) is 32.9. The summed E-state index contributed by atoms with van der Waals surface area (Å²) in [6, 6.07) is -1.52. The van der Waals surface area contributed by atoms with E-state index in [9.17, 15) is 23.8 Å². The van der Waals surface area contributed by atoms with Crippen molar-refractivity contribution in [1.29, 1.82) is 0 Å². The molecule has 0 aliphatic rings. The Balaban J connectivity index is 4.43. The fourth-order valence-corrected chi connectivity index (χ4v) is 5.61. The van der Waals surface area contributed by atoms with Crippen LogP contribution in [0.5, 0.6) is 0 Å². The van der Waals surface area contributed by atoms with Crippen molar-refractivity contribution in [3.8, 4) is 0 Å². The van der Waals surface area contributed by atoms with Gasteiger partial charge in [-0.15, -0.1) is 0 Å². The van der Waals surface area contributed by atoms with E-state index in [0.717, 1.165) is 57.8 Å². The second kappa shape index (κ2) is 33.8. The Morgan fingerprint density at radius 3 is 1.62 bits per heavy atom. The van der Waals surface area contributed by atoms with E-state index in [4.69, 9.17) is 24.8 Å². The molecular formula is C38H68NO10P. The molecule has 0 heterocycles. The first-order chi connectivity index (χ1) is 24.1. The quantitative estimate of drug-likeness (QED) is 0.0246. The lowest BCUT2D eigenvalue weighted by Crippen LogP contribution is -2.34. The number of unbranched alkanes of at least 4 members (excludes halogenated alkanes) is 15. The number of allylic oxidation sites excluding steroid dienone is 6. The maximum Gasteiger partial charge on any atom is 0.472 e. The van der Waals surface area contributed by atoms with Crippen molar-refractivity contribution in [2.45, 2.75) is 167 Å². The molecule has 0 radical (unpaired) electrons. The summed E-state index contributed by atoms with van der Waals surface area (Å²) in [4.78, 5) is 45.6. The molecule has 0 aliphatic carbocycles. The minimum atomic E-state index is -4.71. The van der Waals surface area contributed by atoms with Crippen LogP contribution in [0.25, 0.3) is 0 Å². The zero-order valence-electron chi connectivity index (χ0n) is 31.0. The minimum absolute atomic E-state index is 0.157. The molecule has 0 aromatic carbocycles. The highest BCUT2D eigenvalue weighted by Crippen LogP contribution is 2.43. The van der Waals surface area contributed by atoms with Crippen molar-refractivity contribution in [3.05, 3.63) is 36.5 Å². The Labute approximate surface area is 302 Å². The zero-order chi connectivity index (χ0) is 37.1. The maximum absolute atomic E-state index is 12.5. The number of carbonyl (C=O) groups excluding carboxylic acids is 2. The molecule has 1 unspecified atom stereocenters. The summed E-state index contributed by atoms with van der Waals surface area (Å²) in [5.74, 6) is -2.41. The summed E-state index contributed by atoms with van der Waals surface area (Å²) in [5.41, 5.74) is 5.31. The normalized spacial score (nSPS) is 14.3. The molecule has 0 bridgehead atoms. The molecule has 0 aromatic heterocycles. The van der Waals surface area contributed by atoms with Crippen LogP contribution >= 0.6 is 7.82 Å². The Bertz CT molecular complexity index is 1000. The van der Waals surface area contributed by atoms with Crippen molar-refractivity contribution in [2.75, 3.05) is 19.8 Å². The van der Waals surface area contributed by atoms with Crippen molar-refractivity contribution in [1.82, 2.24) is 0 Å².